The second kappa shape index (κ2) is 9.05. The number of benzene rings is 2. The van der Waals surface area contributed by atoms with E-state index in [4.69, 9.17) is 27.9 Å². The molecule has 0 aliphatic carbocycles. The van der Waals surface area contributed by atoms with Gasteiger partial charge in [0.15, 0.2) is 0 Å². The molecule has 1 aromatic heterocycles. The normalized spacial score (nSPS) is 13.3. The molecule has 1 atom stereocenters. The summed E-state index contributed by atoms with van der Waals surface area (Å²) in [6, 6.07) is 13.9. The van der Waals surface area contributed by atoms with Gasteiger partial charge in [0, 0.05) is 38.6 Å². The minimum atomic E-state index is -0.0295. The van der Waals surface area contributed by atoms with Crippen LogP contribution in [0.1, 0.15) is 18.9 Å². The first kappa shape index (κ1) is 20.1. The SMILES string of the molecule is COc1ccc(SC(C)(CCc2ccc(Cl)cc2Cl)Cn2ccnc2)cc1. The van der Waals surface area contributed by atoms with Crippen LogP contribution < -0.4 is 4.74 Å². The summed E-state index contributed by atoms with van der Waals surface area (Å²) in [6.07, 6.45) is 7.52. The highest BCUT2D eigenvalue weighted by atomic mass is 35.5. The van der Waals surface area contributed by atoms with Gasteiger partial charge in [0.2, 0.25) is 0 Å². The van der Waals surface area contributed by atoms with Gasteiger partial charge in [-0.05, 0) is 61.7 Å². The van der Waals surface area contributed by atoms with Crippen LogP contribution in [0.4, 0.5) is 0 Å². The van der Waals surface area contributed by atoms with Gasteiger partial charge in [0.25, 0.3) is 0 Å². The van der Waals surface area contributed by atoms with Crippen LogP contribution in [0.2, 0.25) is 10.0 Å². The quantitative estimate of drug-likeness (QED) is 0.395. The monoisotopic (exact) mass is 420 g/mol. The third-order valence-corrected chi connectivity index (χ3v) is 6.36. The number of halogens is 2. The lowest BCUT2D eigenvalue weighted by molar-refractivity contribution is 0.414. The summed E-state index contributed by atoms with van der Waals surface area (Å²) in [5.41, 5.74) is 1.12. The Morgan fingerprint density at radius 2 is 1.93 bits per heavy atom. The number of thioether (sulfide) groups is 1. The smallest absolute Gasteiger partial charge is 0.118 e. The van der Waals surface area contributed by atoms with Gasteiger partial charge in [-0.15, -0.1) is 11.8 Å². The lowest BCUT2D eigenvalue weighted by Gasteiger charge is -2.30. The standard InChI is InChI=1S/C21H22Cl2N2OS/c1-21(14-25-12-11-24-15-25,27-19-7-5-18(26-2)6-8-19)10-9-16-3-4-17(22)13-20(16)23/h3-8,11-13,15H,9-10,14H2,1-2H3. The molecule has 142 valence electrons. The summed E-state index contributed by atoms with van der Waals surface area (Å²) in [7, 11) is 1.68. The Balaban J connectivity index is 1.78. The molecular weight excluding hydrogens is 399 g/mol. The fourth-order valence-electron chi connectivity index (χ4n) is 2.98. The number of imidazole rings is 1. The van der Waals surface area contributed by atoms with Crippen LogP contribution in [-0.4, -0.2) is 21.4 Å². The maximum Gasteiger partial charge on any atom is 0.118 e. The first-order chi connectivity index (χ1) is 13.0. The van der Waals surface area contributed by atoms with Gasteiger partial charge in [-0.25, -0.2) is 4.98 Å². The molecule has 27 heavy (non-hydrogen) atoms. The van der Waals surface area contributed by atoms with Gasteiger partial charge < -0.3 is 9.30 Å². The number of methoxy groups -OCH3 is 1. The minimum absolute atomic E-state index is 0.0295. The molecule has 0 N–H and O–H groups in total. The first-order valence-electron chi connectivity index (χ1n) is 8.70. The Morgan fingerprint density at radius 3 is 2.56 bits per heavy atom. The van der Waals surface area contributed by atoms with E-state index in [1.165, 1.54) is 4.90 Å². The first-order valence-corrected chi connectivity index (χ1v) is 10.3. The van der Waals surface area contributed by atoms with E-state index in [2.05, 4.69) is 28.6 Å². The van der Waals surface area contributed by atoms with E-state index >= 15 is 0 Å². The molecule has 2 aromatic carbocycles. The number of rotatable bonds is 8. The maximum absolute atomic E-state index is 6.37. The summed E-state index contributed by atoms with van der Waals surface area (Å²) < 4.78 is 7.36. The zero-order valence-electron chi connectivity index (χ0n) is 15.4. The van der Waals surface area contributed by atoms with Crippen LogP contribution in [0, 0.1) is 0 Å². The fourth-order valence-corrected chi connectivity index (χ4v) is 4.74. The zero-order chi connectivity index (χ0) is 19.3. The Bertz CT molecular complexity index is 868. The Morgan fingerprint density at radius 1 is 1.15 bits per heavy atom. The highest BCUT2D eigenvalue weighted by Crippen LogP contribution is 2.39. The second-order valence-electron chi connectivity index (χ2n) is 6.70. The van der Waals surface area contributed by atoms with Gasteiger partial charge in [0.05, 0.1) is 13.4 Å². The number of aromatic nitrogens is 2. The van der Waals surface area contributed by atoms with Gasteiger partial charge >= 0.3 is 0 Å². The van der Waals surface area contributed by atoms with Crippen LogP contribution >= 0.6 is 35.0 Å². The summed E-state index contributed by atoms with van der Waals surface area (Å²) in [4.78, 5) is 5.39. The van der Waals surface area contributed by atoms with E-state index in [0.717, 1.165) is 35.7 Å². The van der Waals surface area contributed by atoms with Crippen molar-refractivity contribution >= 4 is 35.0 Å². The van der Waals surface area contributed by atoms with Crippen molar-refractivity contribution < 1.29 is 4.74 Å². The van der Waals surface area contributed by atoms with Crippen molar-refractivity contribution in [3.63, 3.8) is 0 Å². The lowest BCUT2D eigenvalue weighted by Crippen LogP contribution is -2.27. The Labute approximate surface area is 174 Å². The molecule has 0 aliphatic rings. The molecule has 0 fully saturated rings. The summed E-state index contributed by atoms with van der Waals surface area (Å²) in [5, 5.41) is 1.39. The van der Waals surface area contributed by atoms with Crippen LogP contribution in [0.3, 0.4) is 0 Å². The third kappa shape index (κ3) is 5.68. The van der Waals surface area contributed by atoms with Crippen LogP contribution in [-0.2, 0) is 13.0 Å². The number of nitrogens with zero attached hydrogens (tertiary/aromatic N) is 2. The average Bonchev–Trinajstić information content (AvgIpc) is 3.14. The van der Waals surface area contributed by atoms with Crippen LogP contribution in [0.25, 0.3) is 0 Å². The van der Waals surface area contributed by atoms with E-state index in [1.54, 1.807) is 7.11 Å². The lowest BCUT2D eigenvalue weighted by atomic mass is 10.00. The zero-order valence-corrected chi connectivity index (χ0v) is 17.7. The molecule has 1 heterocycles. The molecule has 0 saturated carbocycles. The molecule has 0 aliphatic heterocycles. The molecule has 3 aromatic rings. The van der Waals surface area contributed by atoms with Crippen molar-refractivity contribution in [2.75, 3.05) is 7.11 Å². The van der Waals surface area contributed by atoms with Crippen molar-refractivity contribution in [1.82, 2.24) is 9.55 Å². The molecule has 0 bridgehead atoms. The van der Waals surface area contributed by atoms with Gasteiger partial charge in [-0.3, -0.25) is 0 Å². The molecule has 0 amide bonds. The van der Waals surface area contributed by atoms with E-state index in [0.29, 0.717) is 5.02 Å². The molecule has 0 radical (unpaired) electrons. The minimum Gasteiger partial charge on any atom is -0.497 e. The Kier molecular flexibility index (Phi) is 6.74. The third-order valence-electron chi connectivity index (χ3n) is 4.44. The Hall–Kier alpha value is -1.62. The van der Waals surface area contributed by atoms with Crippen molar-refractivity contribution in [2.45, 2.75) is 36.0 Å². The second-order valence-corrected chi connectivity index (χ2v) is 9.20. The van der Waals surface area contributed by atoms with E-state index < -0.39 is 0 Å². The van der Waals surface area contributed by atoms with Gasteiger partial charge in [-0.1, -0.05) is 29.3 Å². The molecular formula is C21H22Cl2N2OS. The van der Waals surface area contributed by atoms with Crippen molar-refractivity contribution in [3.05, 3.63) is 76.8 Å². The topological polar surface area (TPSA) is 27.1 Å². The number of hydrogen-bond acceptors (Lipinski definition) is 3. The number of aryl methyl sites for hydroxylation is 1. The van der Waals surface area contributed by atoms with E-state index in [1.807, 2.05) is 60.8 Å². The van der Waals surface area contributed by atoms with Crippen molar-refractivity contribution in [1.29, 1.82) is 0 Å². The highest BCUT2D eigenvalue weighted by molar-refractivity contribution is 8.00. The molecule has 0 spiro atoms. The summed E-state index contributed by atoms with van der Waals surface area (Å²) >= 11 is 14.3. The van der Waals surface area contributed by atoms with E-state index in [-0.39, 0.29) is 4.75 Å². The number of hydrogen-bond donors (Lipinski definition) is 0. The molecule has 0 saturated heterocycles. The summed E-state index contributed by atoms with van der Waals surface area (Å²) in [5.74, 6) is 0.864. The van der Waals surface area contributed by atoms with Crippen molar-refractivity contribution in [3.8, 4) is 5.75 Å². The van der Waals surface area contributed by atoms with Gasteiger partial charge in [0.1, 0.15) is 5.75 Å². The predicted octanol–water partition coefficient (Wildman–Crippen LogP) is 6.38. The number of ether oxygens (including phenoxy) is 1. The predicted molar refractivity (Wildman–Crippen MR) is 114 cm³/mol. The highest BCUT2D eigenvalue weighted by Gasteiger charge is 2.27. The van der Waals surface area contributed by atoms with Crippen LogP contribution in [0.5, 0.6) is 5.75 Å². The fraction of sp³-hybridized carbons (Fsp3) is 0.286. The van der Waals surface area contributed by atoms with Crippen molar-refractivity contribution in [2.24, 2.45) is 0 Å². The molecule has 3 rings (SSSR count). The summed E-state index contributed by atoms with van der Waals surface area (Å²) in [6.45, 7) is 3.14. The van der Waals surface area contributed by atoms with Crippen LogP contribution in [0.15, 0.2) is 66.1 Å². The maximum atomic E-state index is 6.37. The average molecular weight is 421 g/mol. The molecule has 1 unspecified atom stereocenters. The molecule has 3 nitrogen and oxygen atoms in total. The van der Waals surface area contributed by atoms with Gasteiger partial charge in [-0.2, -0.15) is 0 Å². The van der Waals surface area contributed by atoms with E-state index in [9.17, 15) is 0 Å². The molecule has 6 heteroatoms. The largest absolute Gasteiger partial charge is 0.497 e.